The van der Waals surface area contributed by atoms with Gasteiger partial charge >= 0.3 is 0 Å². The van der Waals surface area contributed by atoms with Crippen LogP contribution in [0.2, 0.25) is 0 Å². The van der Waals surface area contributed by atoms with Crippen molar-refractivity contribution < 1.29 is 4.74 Å². The van der Waals surface area contributed by atoms with E-state index in [0.717, 1.165) is 96.4 Å². The molecule has 2 unspecified atom stereocenters. The number of hydrogen-bond acceptors (Lipinski definition) is 7. The van der Waals surface area contributed by atoms with Crippen molar-refractivity contribution in [3.8, 4) is 11.5 Å². The Bertz CT molecular complexity index is 4840. The third-order valence-corrected chi connectivity index (χ3v) is 20.3. The monoisotopic (exact) mass is 1180 g/mol. The van der Waals surface area contributed by atoms with Gasteiger partial charge in [-0.3, -0.25) is 0 Å². The quantitative estimate of drug-likeness (QED) is 0.119. The molecule has 6 nitrogen and oxygen atoms in total. The third kappa shape index (κ3) is 8.67. The van der Waals surface area contributed by atoms with Crippen molar-refractivity contribution in [3.63, 3.8) is 0 Å². The zero-order valence-electron chi connectivity index (χ0n) is 49.6. The fraction of sp³-hybridized carbons (Fsp3) is 0.0244. The van der Waals surface area contributed by atoms with Gasteiger partial charge in [0, 0.05) is 90.4 Å². The van der Waals surface area contributed by atoms with E-state index in [1.807, 2.05) is 0 Å². The molecule has 0 saturated heterocycles. The van der Waals surface area contributed by atoms with Crippen LogP contribution >= 0.6 is 11.8 Å². The summed E-state index contributed by atoms with van der Waals surface area (Å²) >= 11 is 2.05. The van der Waals surface area contributed by atoms with E-state index >= 15 is 0 Å². The van der Waals surface area contributed by atoms with Crippen LogP contribution in [0.25, 0.3) is 10.5 Å². The van der Waals surface area contributed by atoms with Gasteiger partial charge in [0.15, 0.2) is 0 Å². The summed E-state index contributed by atoms with van der Waals surface area (Å²) in [5.41, 5.74) is 25.1. The largest absolute Gasteiger partial charge is 0.458 e. The molecule has 2 atom stereocenters. The van der Waals surface area contributed by atoms with E-state index in [1.165, 1.54) is 43.7 Å². The summed E-state index contributed by atoms with van der Waals surface area (Å²) in [6.45, 7) is -0.288. The molecule has 0 saturated carbocycles. The van der Waals surface area contributed by atoms with Crippen LogP contribution in [0.15, 0.2) is 334 Å². The molecule has 0 bridgehead atoms. The maximum absolute atomic E-state index is 7.81. The van der Waals surface area contributed by atoms with Gasteiger partial charge in [-0.25, -0.2) is 0 Å². The minimum Gasteiger partial charge on any atom is -0.458 e. The van der Waals surface area contributed by atoms with Gasteiger partial charge in [0.05, 0.1) is 17.4 Å². The van der Waals surface area contributed by atoms with Crippen LogP contribution in [0.5, 0.6) is 11.5 Å². The molecule has 0 radical (unpaired) electrons. The molecule has 9 heteroatoms. The molecule has 0 aliphatic carbocycles. The van der Waals surface area contributed by atoms with E-state index in [-0.39, 0.29) is 24.6 Å². The number of rotatable bonds is 11. The van der Waals surface area contributed by atoms with Crippen LogP contribution in [0.4, 0.5) is 79.6 Å². The van der Waals surface area contributed by atoms with E-state index in [2.05, 4.69) is 370 Å². The summed E-state index contributed by atoms with van der Waals surface area (Å²) in [6, 6.07) is 122. The average molecular weight is 1180 g/mol. The molecule has 0 fully saturated rings. The number of ether oxygens (including phenoxy) is 1. The van der Waals surface area contributed by atoms with Crippen molar-refractivity contribution in [3.05, 3.63) is 345 Å². The molecule has 0 N–H and O–H groups in total. The zero-order valence-corrected chi connectivity index (χ0v) is 50.4. The van der Waals surface area contributed by atoms with Gasteiger partial charge < -0.3 is 29.2 Å². The molecule has 13 aromatic rings. The number of thioether (sulfide) groups is 1. The smallest absolute Gasteiger partial charge is 0.256 e. The molecule has 0 spiro atoms. The zero-order chi connectivity index (χ0) is 59.9. The molecule has 0 aromatic heterocycles. The maximum Gasteiger partial charge on any atom is 0.256 e. The van der Waals surface area contributed by atoms with Crippen LogP contribution < -0.4 is 56.6 Å². The minimum absolute atomic E-state index is 0.000811. The van der Waals surface area contributed by atoms with Crippen LogP contribution in [-0.4, -0.2) is 24.6 Å². The molecule has 91 heavy (non-hydrogen) atoms. The Labute approximate surface area is 536 Å². The van der Waals surface area contributed by atoms with Gasteiger partial charge in [0.2, 0.25) is 6.71 Å². The number of nitrogens with zero attached hydrogens (tertiary/aromatic N) is 5. The Morgan fingerprint density at radius 3 is 1.29 bits per heavy atom. The molecule has 428 valence electrons. The summed E-state index contributed by atoms with van der Waals surface area (Å²) in [4.78, 5) is 13.8. The lowest BCUT2D eigenvalue weighted by Gasteiger charge is -2.50. The normalized spacial score (nSPS) is 15.4. The van der Waals surface area contributed by atoms with Crippen molar-refractivity contribution in [2.75, 3.05) is 24.5 Å². The summed E-state index contributed by atoms with van der Waals surface area (Å²) in [6.07, 6.45) is 0. The molecule has 18 rings (SSSR count). The summed E-state index contributed by atoms with van der Waals surface area (Å²) < 4.78 is 7.81. The lowest BCUT2D eigenvalue weighted by Crippen LogP contribution is -2.67. The second-order valence-corrected chi connectivity index (χ2v) is 25.0. The van der Waals surface area contributed by atoms with E-state index < -0.39 is 0 Å². The van der Waals surface area contributed by atoms with Gasteiger partial charge in [-0.15, -0.1) is 11.8 Å². The van der Waals surface area contributed by atoms with E-state index in [9.17, 15) is 0 Å². The number of benzene rings is 13. The second-order valence-electron chi connectivity index (χ2n) is 23.9. The number of para-hydroxylation sites is 8. The summed E-state index contributed by atoms with van der Waals surface area (Å²) in [5, 5.41) is 0.000811. The second kappa shape index (κ2) is 21.9. The first kappa shape index (κ1) is 53.0. The standard InChI is InChI=1S/C82H57B2N5OS/c1-10-30-56(31-11-1)77-80-82(91-81(77)57-32-12-2-13-33-57)84-68-54-69-75(90-76-53-66(86(60-38-18-5-19-39-60)61-40-20-6-21-41-61)52-74-79(76)83(69)67-48-28-29-49-70(67)87(74)62-42-22-7-23-43-62)55-71(68)88(63-44-24-8-25-45-63)72-50-65(51-73(78(72)84)89(80)64-46-26-9-27-47-64)85(58-34-14-3-15-35-58)59-36-16-4-17-37-59/h1-55,80,82H. The van der Waals surface area contributed by atoms with Crippen molar-refractivity contribution in [2.24, 2.45) is 0 Å². The highest BCUT2D eigenvalue weighted by molar-refractivity contribution is 8.11. The predicted octanol–water partition coefficient (Wildman–Crippen LogP) is 18.2. The number of hydrogen-bond donors (Lipinski definition) is 0. The van der Waals surface area contributed by atoms with E-state index in [1.54, 1.807) is 0 Å². The van der Waals surface area contributed by atoms with Gasteiger partial charge in [0.25, 0.3) is 6.71 Å². The first-order valence-corrected chi connectivity index (χ1v) is 32.3. The lowest BCUT2D eigenvalue weighted by atomic mass is 9.30. The lowest BCUT2D eigenvalue weighted by molar-refractivity contribution is 0.488. The maximum atomic E-state index is 7.81. The van der Waals surface area contributed by atoms with Gasteiger partial charge in [-0.2, -0.15) is 0 Å². The number of anilines is 14. The first-order valence-electron chi connectivity index (χ1n) is 31.4. The highest BCUT2D eigenvalue weighted by atomic mass is 32.2. The Kier molecular flexibility index (Phi) is 12.7. The molecule has 5 heterocycles. The molecular weight excluding hydrogens is 1120 g/mol. The Hall–Kier alpha value is -11.1. The topological polar surface area (TPSA) is 25.4 Å². The third-order valence-electron chi connectivity index (χ3n) is 18.8. The molecule has 5 aliphatic heterocycles. The number of fused-ring (bicyclic) bond motifs is 8. The summed E-state index contributed by atoms with van der Waals surface area (Å²) in [5.74, 6) is 1.67. The fourth-order valence-electron chi connectivity index (χ4n) is 15.1. The SMILES string of the molecule is c1ccc(C2=C(c3ccccc3)C3C(S2)B2c4cc5c(cc4N(c4ccccc4)c4cc(N(c6ccccc6)c6ccccc6)cc(c42)N3c2ccccc2)Oc2cc(N(c3ccccc3)c3ccccc3)cc3c2B5c2ccccc2N3c2ccccc2)cc1. The Morgan fingerprint density at radius 2 is 0.747 bits per heavy atom. The Morgan fingerprint density at radius 1 is 0.319 bits per heavy atom. The van der Waals surface area contributed by atoms with Crippen LogP contribution in [0.1, 0.15) is 11.1 Å². The van der Waals surface area contributed by atoms with Gasteiger partial charge in [0.1, 0.15) is 11.5 Å². The van der Waals surface area contributed by atoms with E-state index in [0.29, 0.717) is 0 Å². The van der Waals surface area contributed by atoms with Gasteiger partial charge in [-0.1, -0.05) is 212 Å². The minimum atomic E-state index is -0.181. The molecule has 13 aromatic carbocycles. The van der Waals surface area contributed by atoms with Crippen LogP contribution in [0.3, 0.4) is 0 Å². The first-order chi connectivity index (χ1) is 45.2. The van der Waals surface area contributed by atoms with Crippen molar-refractivity contribution in [2.45, 2.75) is 11.2 Å². The fourth-order valence-corrected chi connectivity index (χ4v) is 16.9. The van der Waals surface area contributed by atoms with Crippen molar-refractivity contribution in [1.29, 1.82) is 0 Å². The van der Waals surface area contributed by atoms with Crippen LogP contribution in [0, 0.1) is 0 Å². The highest BCUT2D eigenvalue weighted by Crippen LogP contribution is 2.58. The molecular formula is C82H57B2N5OS. The molecule has 0 amide bonds. The molecule has 5 aliphatic rings. The highest BCUT2D eigenvalue weighted by Gasteiger charge is 2.56. The van der Waals surface area contributed by atoms with Crippen molar-refractivity contribution >= 4 is 143 Å². The van der Waals surface area contributed by atoms with Crippen molar-refractivity contribution in [1.82, 2.24) is 0 Å². The van der Waals surface area contributed by atoms with Gasteiger partial charge in [-0.05, 0) is 153 Å². The Balaban J connectivity index is 0.939. The van der Waals surface area contributed by atoms with E-state index in [4.69, 9.17) is 4.74 Å². The van der Waals surface area contributed by atoms with Crippen LogP contribution in [-0.2, 0) is 0 Å². The average Bonchev–Trinajstić information content (AvgIpc) is 1.57. The summed E-state index contributed by atoms with van der Waals surface area (Å²) in [7, 11) is 0. The predicted molar refractivity (Wildman–Crippen MR) is 385 cm³/mol.